The van der Waals surface area contributed by atoms with Gasteiger partial charge in [0.1, 0.15) is 5.82 Å². The number of aryl methyl sites for hydroxylation is 2. The van der Waals surface area contributed by atoms with E-state index in [1.165, 1.54) is 0 Å². The van der Waals surface area contributed by atoms with E-state index in [2.05, 4.69) is 39.0 Å². The molecule has 0 saturated heterocycles. The lowest BCUT2D eigenvalue weighted by atomic mass is 10.0. The number of nitrogens with zero attached hydrogens (tertiary/aromatic N) is 3. The first-order chi connectivity index (χ1) is 13.0. The van der Waals surface area contributed by atoms with E-state index < -0.39 is 0 Å². The molecule has 0 spiro atoms. The van der Waals surface area contributed by atoms with Crippen molar-refractivity contribution in [1.29, 1.82) is 0 Å². The molecule has 3 rings (SSSR count). The topological polar surface area (TPSA) is 93.8 Å². The molecule has 6 nitrogen and oxygen atoms in total. The zero-order chi connectivity index (χ0) is 19.2. The van der Waals surface area contributed by atoms with Crippen molar-refractivity contribution in [2.24, 2.45) is 0 Å². The Balaban J connectivity index is 1.82. The van der Waals surface area contributed by atoms with E-state index in [9.17, 15) is 4.79 Å². The molecule has 2 heterocycles. The van der Waals surface area contributed by atoms with Crippen LogP contribution in [0.25, 0.3) is 0 Å². The second-order valence-electron chi connectivity index (χ2n) is 5.97. The summed E-state index contributed by atoms with van der Waals surface area (Å²) in [4.78, 5) is 24.6. The zero-order valence-corrected chi connectivity index (χ0v) is 15.2. The number of amides is 1. The molecule has 3 N–H and O–H groups in total. The van der Waals surface area contributed by atoms with Gasteiger partial charge in [0.15, 0.2) is 0 Å². The van der Waals surface area contributed by atoms with Crippen LogP contribution in [0.15, 0.2) is 48.9 Å². The lowest BCUT2D eigenvalue weighted by molar-refractivity contribution is 0.102. The molecule has 27 heavy (non-hydrogen) atoms. The molecule has 0 saturated carbocycles. The number of nitrogens with one attached hydrogen (secondary N) is 1. The molecule has 1 amide bonds. The molecule has 0 radical (unpaired) electrons. The van der Waals surface area contributed by atoms with E-state index in [-0.39, 0.29) is 11.9 Å². The average Bonchev–Trinajstić information content (AvgIpc) is 2.68. The van der Waals surface area contributed by atoms with E-state index in [1.807, 2.05) is 25.1 Å². The van der Waals surface area contributed by atoms with Gasteiger partial charge in [-0.3, -0.25) is 4.79 Å². The van der Waals surface area contributed by atoms with Crippen LogP contribution >= 0.6 is 0 Å². The van der Waals surface area contributed by atoms with Crippen LogP contribution < -0.4 is 11.1 Å². The summed E-state index contributed by atoms with van der Waals surface area (Å²) in [5.74, 6) is 6.56. The smallest absolute Gasteiger partial charge is 0.256 e. The maximum absolute atomic E-state index is 12.6. The second kappa shape index (κ2) is 8.11. The van der Waals surface area contributed by atoms with Gasteiger partial charge in [-0.2, -0.15) is 0 Å². The largest absolute Gasteiger partial charge is 0.368 e. The zero-order valence-electron chi connectivity index (χ0n) is 15.2. The Kier molecular flexibility index (Phi) is 5.43. The number of hydrogen-bond donors (Lipinski definition) is 2. The molecule has 6 heteroatoms. The molecule has 0 fully saturated rings. The van der Waals surface area contributed by atoms with Crippen LogP contribution in [-0.2, 0) is 6.42 Å². The Bertz CT molecular complexity index is 1030. The van der Waals surface area contributed by atoms with Gasteiger partial charge in [0.05, 0.1) is 5.56 Å². The molecule has 0 aliphatic heterocycles. The molecule has 1 aromatic carbocycles. The number of carbonyl (C=O) groups is 1. The normalized spacial score (nSPS) is 10.0. The Morgan fingerprint density at radius 1 is 1.11 bits per heavy atom. The third-order valence-corrected chi connectivity index (χ3v) is 3.99. The summed E-state index contributed by atoms with van der Waals surface area (Å²) in [6.07, 6.45) is 5.70. The van der Waals surface area contributed by atoms with E-state index >= 15 is 0 Å². The van der Waals surface area contributed by atoms with Crippen molar-refractivity contribution in [2.75, 3.05) is 11.1 Å². The summed E-state index contributed by atoms with van der Waals surface area (Å²) in [7, 11) is 0. The van der Waals surface area contributed by atoms with Crippen molar-refractivity contribution < 1.29 is 4.79 Å². The summed E-state index contributed by atoms with van der Waals surface area (Å²) in [6, 6.07) is 9.20. The second-order valence-corrected chi connectivity index (χ2v) is 5.97. The van der Waals surface area contributed by atoms with E-state index in [1.54, 1.807) is 30.7 Å². The molecule has 0 unspecified atom stereocenters. The monoisotopic (exact) mass is 357 g/mol. The van der Waals surface area contributed by atoms with Gasteiger partial charge in [0.25, 0.3) is 5.91 Å². The quantitative estimate of drug-likeness (QED) is 0.703. The molecule has 0 bridgehead atoms. The van der Waals surface area contributed by atoms with Gasteiger partial charge in [-0.15, -0.1) is 0 Å². The molecule has 0 aliphatic carbocycles. The maximum atomic E-state index is 12.6. The molecule has 2 aromatic heterocycles. The van der Waals surface area contributed by atoms with Crippen LogP contribution in [0.4, 0.5) is 11.8 Å². The SMILES string of the molecule is CCc1ccnc(NC(=O)c2ccc(C)c(C#Cc3cnc(N)nc3)c2)c1. The average molecular weight is 357 g/mol. The number of carbonyl (C=O) groups excluding carboxylic acids is 1. The maximum Gasteiger partial charge on any atom is 0.256 e. The predicted molar refractivity (Wildman–Crippen MR) is 105 cm³/mol. The van der Waals surface area contributed by atoms with Crippen LogP contribution in [0, 0.1) is 18.8 Å². The molecule has 3 aromatic rings. The minimum absolute atomic E-state index is 0.205. The van der Waals surface area contributed by atoms with Crippen molar-refractivity contribution in [3.05, 3.63) is 76.7 Å². The van der Waals surface area contributed by atoms with E-state index in [0.717, 1.165) is 23.1 Å². The fourth-order valence-corrected chi connectivity index (χ4v) is 2.39. The summed E-state index contributed by atoms with van der Waals surface area (Å²) in [6.45, 7) is 4.00. The van der Waals surface area contributed by atoms with Crippen LogP contribution in [0.3, 0.4) is 0 Å². The highest BCUT2D eigenvalue weighted by molar-refractivity contribution is 6.04. The van der Waals surface area contributed by atoms with Crippen molar-refractivity contribution >= 4 is 17.7 Å². The molecule has 134 valence electrons. The Morgan fingerprint density at radius 2 is 1.89 bits per heavy atom. The lowest BCUT2D eigenvalue weighted by Gasteiger charge is -2.07. The summed E-state index contributed by atoms with van der Waals surface area (Å²) in [5.41, 5.74) is 9.49. The number of rotatable bonds is 3. The van der Waals surface area contributed by atoms with Gasteiger partial charge >= 0.3 is 0 Å². The van der Waals surface area contributed by atoms with Gasteiger partial charge in [0, 0.05) is 29.7 Å². The van der Waals surface area contributed by atoms with Crippen LogP contribution in [0.2, 0.25) is 0 Å². The number of anilines is 2. The predicted octanol–water partition coefficient (Wildman–Crippen LogP) is 2.98. The Morgan fingerprint density at radius 3 is 2.63 bits per heavy atom. The third-order valence-electron chi connectivity index (χ3n) is 3.99. The van der Waals surface area contributed by atoms with E-state index in [4.69, 9.17) is 5.73 Å². The summed E-state index contributed by atoms with van der Waals surface area (Å²) >= 11 is 0. The molecule has 0 atom stereocenters. The lowest BCUT2D eigenvalue weighted by Crippen LogP contribution is -2.13. The van der Waals surface area contributed by atoms with Gasteiger partial charge in [-0.25, -0.2) is 15.0 Å². The Hall–Kier alpha value is -3.72. The minimum atomic E-state index is -0.227. The number of aromatic nitrogens is 3. The van der Waals surface area contributed by atoms with Gasteiger partial charge in [-0.1, -0.05) is 24.8 Å². The molecular weight excluding hydrogens is 338 g/mol. The first-order valence-corrected chi connectivity index (χ1v) is 8.51. The third kappa shape index (κ3) is 4.67. The minimum Gasteiger partial charge on any atom is -0.368 e. The van der Waals surface area contributed by atoms with Crippen molar-refractivity contribution in [1.82, 2.24) is 15.0 Å². The highest BCUT2D eigenvalue weighted by atomic mass is 16.1. The first-order valence-electron chi connectivity index (χ1n) is 8.51. The number of nitrogen functional groups attached to an aromatic ring is 1. The van der Waals surface area contributed by atoms with Crippen LogP contribution in [0.5, 0.6) is 0 Å². The van der Waals surface area contributed by atoms with Crippen LogP contribution in [0.1, 0.15) is 39.5 Å². The van der Waals surface area contributed by atoms with Crippen molar-refractivity contribution in [3.63, 3.8) is 0 Å². The van der Waals surface area contributed by atoms with Crippen LogP contribution in [-0.4, -0.2) is 20.9 Å². The number of pyridine rings is 1. The Labute approximate surface area is 157 Å². The summed E-state index contributed by atoms with van der Waals surface area (Å²) < 4.78 is 0. The number of hydrogen-bond acceptors (Lipinski definition) is 5. The number of benzene rings is 1. The first kappa shape index (κ1) is 18.1. The highest BCUT2D eigenvalue weighted by Crippen LogP contribution is 2.13. The van der Waals surface area contributed by atoms with E-state index in [0.29, 0.717) is 16.9 Å². The fourth-order valence-electron chi connectivity index (χ4n) is 2.39. The highest BCUT2D eigenvalue weighted by Gasteiger charge is 2.09. The van der Waals surface area contributed by atoms with Gasteiger partial charge in [0.2, 0.25) is 5.95 Å². The molecular formula is C21H19N5O. The summed E-state index contributed by atoms with van der Waals surface area (Å²) in [5, 5.41) is 2.83. The van der Waals surface area contributed by atoms with Gasteiger partial charge in [-0.05, 0) is 48.7 Å². The molecule has 0 aliphatic rings. The van der Waals surface area contributed by atoms with Crippen molar-refractivity contribution in [2.45, 2.75) is 20.3 Å². The fraction of sp³-hybridized carbons (Fsp3) is 0.143. The standard InChI is InChI=1S/C21H19N5O/c1-3-15-8-9-23-19(10-15)26-20(27)18-6-4-14(2)17(11-18)7-5-16-12-24-21(22)25-13-16/h4,6,8-13H,3H2,1-2H3,(H2,22,24,25)(H,23,26,27). The number of nitrogens with two attached hydrogens (primary N) is 1. The van der Waals surface area contributed by atoms with Gasteiger partial charge < -0.3 is 11.1 Å². The van der Waals surface area contributed by atoms with Crippen molar-refractivity contribution in [3.8, 4) is 11.8 Å².